The van der Waals surface area contributed by atoms with E-state index in [1.807, 2.05) is 0 Å². The van der Waals surface area contributed by atoms with E-state index in [0.717, 1.165) is 11.8 Å². The number of carbonyl (C=O) groups excluding carboxylic acids is 1. The minimum atomic E-state index is -1.15. The van der Waals surface area contributed by atoms with Crippen LogP contribution in [0, 0.1) is 12.7 Å². The SMILES string of the molecule is Cc1cnc(C(=O)Nc2ccc(F)c([C@]3(C)C=C(C(C)(C)O)SC(N)=N3)c2)cn1. The Balaban J connectivity index is 1.96. The molecule has 3 rings (SSSR count). The highest BCUT2D eigenvalue weighted by molar-refractivity contribution is 8.17. The number of aromatic nitrogens is 2. The van der Waals surface area contributed by atoms with Crippen molar-refractivity contribution in [3.63, 3.8) is 0 Å². The summed E-state index contributed by atoms with van der Waals surface area (Å²) in [4.78, 5) is 25.5. The number of anilines is 1. The molecule has 2 heterocycles. The van der Waals surface area contributed by atoms with Gasteiger partial charge in [0.1, 0.15) is 17.1 Å². The number of hydrogen-bond acceptors (Lipinski definition) is 7. The lowest BCUT2D eigenvalue weighted by molar-refractivity contribution is 0.102. The highest BCUT2D eigenvalue weighted by atomic mass is 32.2. The average molecular weight is 415 g/mol. The topological polar surface area (TPSA) is 113 Å². The Morgan fingerprint density at radius 2 is 2.03 bits per heavy atom. The van der Waals surface area contributed by atoms with Crippen LogP contribution >= 0.6 is 11.8 Å². The van der Waals surface area contributed by atoms with Gasteiger partial charge in [0.2, 0.25) is 0 Å². The van der Waals surface area contributed by atoms with Gasteiger partial charge in [-0.15, -0.1) is 0 Å². The van der Waals surface area contributed by atoms with Gasteiger partial charge in [-0.05, 0) is 52.0 Å². The number of nitrogens with zero attached hydrogens (tertiary/aromatic N) is 3. The van der Waals surface area contributed by atoms with Crippen LogP contribution in [-0.2, 0) is 5.54 Å². The van der Waals surface area contributed by atoms with E-state index in [9.17, 15) is 14.3 Å². The summed E-state index contributed by atoms with van der Waals surface area (Å²) in [6.45, 7) is 6.72. The van der Waals surface area contributed by atoms with Crippen LogP contribution in [0.25, 0.3) is 0 Å². The van der Waals surface area contributed by atoms with Gasteiger partial charge in [-0.2, -0.15) is 0 Å². The van der Waals surface area contributed by atoms with Crippen molar-refractivity contribution in [2.24, 2.45) is 10.7 Å². The first-order valence-electron chi connectivity index (χ1n) is 8.87. The minimum Gasteiger partial charge on any atom is -0.385 e. The summed E-state index contributed by atoms with van der Waals surface area (Å²) in [5.74, 6) is -0.967. The number of aryl methyl sites for hydroxylation is 1. The van der Waals surface area contributed by atoms with E-state index in [-0.39, 0.29) is 16.4 Å². The van der Waals surface area contributed by atoms with Gasteiger partial charge in [0.25, 0.3) is 5.91 Å². The second kappa shape index (κ2) is 7.57. The summed E-state index contributed by atoms with van der Waals surface area (Å²) < 4.78 is 14.7. The standard InChI is InChI=1S/C20H22FN5O2S/c1-11-9-24-15(10-23-11)17(27)25-12-5-6-14(21)13(7-12)20(4)8-16(19(2,3)28)29-18(22)26-20/h5-10,28H,1-4H3,(H2,22,26)(H,25,27)/t20-/m0/s1. The number of thioether (sulfide) groups is 1. The maximum Gasteiger partial charge on any atom is 0.275 e. The third-order valence-electron chi connectivity index (χ3n) is 4.36. The molecule has 0 fully saturated rings. The van der Waals surface area contributed by atoms with E-state index in [4.69, 9.17) is 5.73 Å². The summed E-state index contributed by atoms with van der Waals surface area (Å²) in [5, 5.41) is 13.3. The van der Waals surface area contributed by atoms with Crippen molar-refractivity contribution in [2.75, 3.05) is 5.32 Å². The van der Waals surface area contributed by atoms with Gasteiger partial charge in [0, 0.05) is 22.4 Å². The molecule has 0 unspecified atom stereocenters. The van der Waals surface area contributed by atoms with Crippen LogP contribution in [0.1, 0.15) is 42.5 Å². The van der Waals surface area contributed by atoms with Gasteiger partial charge >= 0.3 is 0 Å². The Kier molecular flexibility index (Phi) is 5.46. The van der Waals surface area contributed by atoms with Crippen LogP contribution in [0.3, 0.4) is 0 Å². The predicted octanol–water partition coefficient (Wildman–Crippen LogP) is 3.11. The zero-order valence-corrected chi connectivity index (χ0v) is 17.3. The van der Waals surface area contributed by atoms with Crippen LogP contribution < -0.4 is 11.1 Å². The molecule has 1 aromatic carbocycles. The molecule has 1 atom stereocenters. The number of amidine groups is 1. The molecule has 7 nitrogen and oxygen atoms in total. The molecule has 0 radical (unpaired) electrons. The summed E-state index contributed by atoms with van der Waals surface area (Å²) in [6, 6.07) is 4.20. The summed E-state index contributed by atoms with van der Waals surface area (Å²) in [6.07, 6.45) is 4.55. The van der Waals surface area contributed by atoms with E-state index >= 15 is 0 Å². The van der Waals surface area contributed by atoms with Crippen molar-refractivity contribution in [3.8, 4) is 0 Å². The van der Waals surface area contributed by atoms with Crippen LogP contribution in [-0.4, -0.2) is 31.8 Å². The van der Waals surface area contributed by atoms with Crippen molar-refractivity contribution in [1.82, 2.24) is 9.97 Å². The quantitative estimate of drug-likeness (QED) is 0.707. The number of aliphatic hydroxyl groups is 1. The molecule has 0 saturated carbocycles. The van der Waals surface area contributed by atoms with Crippen molar-refractivity contribution in [3.05, 3.63) is 64.3 Å². The second-order valence-electron chi connectivity index (χ2n) is 7.46. The molecule has 152 valence electrons. The molecule has 2 aromatic rings. The van der Waals surface area contributed by atoms with Crippen LogP contribution in [0.15, 0.2) is 46.6 Å². The van der Waals surface area contributed by atoms with Crippen molar-refractivity contribution >= 4 is 28.5 Å². The Labute approximate surface area is 172 Å². The van der Waals surface area contributed by atoms with Gasteiger partial charge in [0.05, 0.1) is 17.5 Å². The molecule has 1 amide bonds. The number of nitrogens with two attached hydrogens (primary N) is 1. The fourth-order valence-electron chi connectivity index (χ4n) is 2.82. The lowest BCUT2D eigenvalue weighted by atomic mass is 9.89. The molecule has 1 aliphatic rings. The van der Waals surface area contributed by atoms with Crippen LogP contribution in [0.4, 0.5) is 10.1 Å². The normalized spacial score (nSPS) is 19.4. The van der Waals surface area contributed by atoms with Crippen LogP contribution in [0.5, 0.6) is 0 Å². The summed E-state index contributed by atoms with van der Waals surface area (Å²) in [7, 11) is 0. The monoisotopic (exact) mass is 415 g/mol. The zero-order chi connectivity index (χ0) is 21.4. The van der Waals surface area contributed by atoms with E-state index < -0.39 is 22.9 Å². The molecule has 1 aromatic heterocycles. The van der Waals surface area contributed by atoms with Gasteiger partial charge in [-0.1, -0.05) is 11.8 Å². The molecule has 29 heavy (non-hydrogen) atoms. The molecule has 9 heteroatoms. The smallest absolute Gasteiger partial charge is 0.275 e. The second-order valence-corrected chi connectivity index (χ2v) is 8.52. The van der Waals surface area contributed by atoms with Crippen molar-refractivity contribution in [1.29, 1.82) is 0 Å². The summed E-state index contributed by atoms with van der Waals surface area (Å²) >= 11 is 1.14. The van der Waals surface area contributed by atoms with Crippen molar-refractivity contribution < 1.29 is 14.3 Å². The fourth-order valence-corrected chi connectivity index (χ4v) is 3.82. The number of benzene rings is 1. The Morgan fingerprint density at radius 1 is 1.31 bits per heavy atom. The number of aliphatic imine (C=N–C) groups is 1. The van der Waals surface area contributed by atoms with E-state index in [1.54, 1.807) is 33.8 Å². The van der Waals surface area contributed by atoms with E-state index in [0.29, 0.717) is 16.3 Å². The molecule has 0 saturated heterocycles. The van der Waals surface area contributed by atoms with Crippen LogP contribution in [0.2, 0.25) is 0 Å². The number of hydrogen-bond donors (Lipinski definition) is 3. The lowest BCUT2D eigenvalue weighted by Crippen LogP contribution is -2.32. The molecular weight excluding hydrogens is 393 g/mol. The Bertz CT molecular complexity index is 1010. The highest BCUT2D eigenvalue weighted by Crippen LogP contribution is 2.41. The van der Waals surface area contributed by atoms with E-state index in [2.05, 4.69) is 20.3 Å². The number of carbonyl (C=O) groups is 1. The molecular formula is C20H22FN5O2S. The zero-order valence-electron chi connectivity index (χ0n) is 16.5. The number of nitrogens with one attached hydrogen (secondary N) is 1. The van der Waals surface area contributed by atoms with Crippen molar-refractivity contribution in [2.45, 2.75) is 38.8 Å². The molecule has 0 aliphatic carbocycles. The summed E-state index contributed by atoms with van der Waals surface area (Å²) in [5.41, 5.74) is 5.08. The molecule has 1 aliphatic heterocycles. The third kappa shape index (κ3) is 4.63. The largest absolute Gasteiger partial charge is 0.385 e. The van der Waals surface area contributed by atoms with Gasteiger partial charge in [-0.3, -0.25) is 9.78 Å². The predicted molar refractivity (Wildman–Crippen MR) is 112 cm³/mol. The average Bonchev–Trinajstić information content (AvgIpc) is 2.62. The molecule has 0 spiro atoms. The lowest BCUT2D eigenvalue weighted by Gasteiger charge is -2.32. The number of amides is 1. The first-order chi connectivity index (χ1) is 13.5. The first-order valence-corrected chi connectivity index (χ1v) is 9.68. The minimum absolute atomic E-state index is 0.147. The third-order valence-corrected chi connectivity index (χ3v) is 5.49. The fraction of sp³-hybridized carbons (Fsp3) is 0.300. The highest BCUT2D eigenvalue weighted by Gasteiger charge is 2.35. The van der Waals surface area contributed by atoms with Gasteiger partial charge in [-0.25, -0.2) is 14.4 Å². The Morgan fingerprint density at radius 3 is 2.66 bits per heavy atom. The Hall–Kier alpha value is -2.78. The number of halogens is 1. The number of rotatable bonds is 4. The maximum atomic E-state index is 14.7. The molecule has 0 bridgehead atoms. The van der Waals surface area contributed by atoms with Gasteiger partial charge in [0.15, 0.2) is 5.17 Å². The van der Waals surface area contributed by atoms with Gasteiger partial charge < -0.3 is 16.2 Å². The maximum absolute atomic E-state index is 14.7. The molecule has 4 N–H and O–H groups in total. The van der Waals surface area contributed by atoms with E-state index in [1.165, 1.54) is 30.6 Å². The first kappa shape index (κ1) is 20.9.